The molecule has 2 amide bonds. The predicted molar refractivity (Wildman–Crippen MR) is 117 cm³/mol. The highest BCUT2D eigenvalue weighted by Gasteiger charge is 2.38. The van der Waals surface area contributed by atoms with Crippen molar-refractivity contribution >= 4 is 17.8 Å². The number of piperazine rings is 1. The summed E-state index contributed by atoms with van der Waals surface area (Å²) in [4.78, 5) is 37.9. The summed E-state index contributed by atoms with van der Waals surface area (Å²) in [6, 6.07) is 12.9. The van der Waals surface area contributed by atoms with Gasteiger partial charge in [0.25, 0.3) is 5.91 Å². The van der Waals surface area contributed by atoms with Crippen molar-refractivity contribution in [3.05, 3.63) is 65.5 Å². The van der Waals surface area contributed by atoms with Crippen LogP contribution in [0.25, 0.3) is 0 Å². The lowest BCUT2D eigenvalue weighted by Gasteiger charge is -2.30. The first-order chi connectivity index (χ1) is 16.5. The molecule has 0 spiro atoms. The van der Waals surface area contributed by atoms with Crippen molar-refractivity contribution in [1.82, 2.24) is 15.1 Å². The van der Waals surface area contributed by atoms with Crippen molar-refractivity contribution in [1.29, 1.82) is 0 Å². The SMILES string of the molecule is COc1ccccc1CN(CC(=O)N1CCNCC1)C(=O)c1cccc(F)c1.O=C(O)C(F)(F)F. The Labute approximate surface area is 199 Å². The average Bonchev–Trinajstić information content (AvgIpc) is 2.83. The number of hydrogen-bond acceptors (Lipinski definition) is 5. The summed E-state index contributed by atoms with van der Waals surface area (Å²) in [6.45, 7) is 2.79. The summed E-state index contributed by atoms with van der Waals surface area (Å²) < 4.78 is 50.7. The van der Waals surface area contributed by atoms with Crippen LogP contribution in [0, 0.1) is 5.82 Å². The number of carboxylic acid groups (broad SMARTS) is 1. The van der Waals surface area contributed by atoms with Crippen molar-refractivity contribution < 1.29 is 41.8 Å². The first-order valence-corrected chi connectivity index (χ1v) is 10.5. The molecule has 8 nitrogen and oxygen atoms in total. The van der Waals surface area contributed by atoms with E-state index in [1.165, 1.54) is 23.1 Å². The van der Waals surface area contributed by atoms with E-state index in [1.807, 2.05) is 18.2 Å². The fourth-order valence-electron chi connectivity index (χ4n) is 3.22. The molecule has 12 heteroatoms. The van der Waals surface area contributed by atoms with Crippen molar-refractivity contribution in [2.24, 2.45) is 0 Å². The predicted octanol–water partition coefficient (Wildman–Crippen LogP) is 2.54. The molecule has 0 atom stereocenters. The third-order valence-electron chi connectivity index (χ3n) is 4.95. The molecule has 1 fully saturated rings. The van der Waals surface area contributed by atoms with Gasteiger partial charge in [-0.15, -0.1) is 0 Å². The molecule has 0 aliphatic carbocycles. The molecule has 3 rings (SSSR count). The second-order valence-electron chi connectivity index (χ2n) is 7.42. The zero-order chi connectivity index (χ0) is 26.0. The van der Waals surface area contributed by atoms with Gasteiger partial charge in [-0.05, 0) is 24.3 Å². The molecule has 0 unspecified atom stereocenters. The van der Waals surface area contributed by atoms with Crippen LogP contribution in [0.15, 0.2) is 48.5 Å². The number of carboxylic acids is 1. The molecule has 35 heavy (non-hydrogen) atoms. The van der Waals surface area contributed by atoms with Crippen molar-refractivity contribution in [3.63, 3.8) is 0 Å². The second kappa shape index (κ2) is 12.7. The van der Waals surface area contributed by atoms with Gasteiger partial charge < -0.3 is 25.0 Å². The number of nitrogens with zero attached hydrogens (tertiary/aromatic N) is 2. The monoisotopic (exact) mass is 499 g/mol. The Kier molecular flexibility index (Phi) is 10.0. The van der Waals surface area contributed by atoms with Gasteiger partial charge in [0, 0.05) is 37.3 Å². The lowest BCUT2D eigenvalue weighted by molar-refractivity contribution is -0.192. The second-order valence-corrected chi connectivity index (χ2v) is 7.42. The number of carbonyl (C=O) groups excluding carboxylic acids is 2. The van der Waals surface area contributed by atoms with E-state index in [0.717, 1.165) is 18.7 Å². The largest absolute Gasteiger partial charge is 0.496 e. The van der Waals surface area contributed by atoms with Gasteiger partial charge in [0.1, 0.15) is 18.1 Å². The first kappa shape index (κ1) is 27.6. The number of rotatable bonds is 6. The molecule has 1 aliphatic rings. The zero-order valence-corrected chi connectivity index (χ0v) is 18.8. The topological polar surface area (TPSA) is 99.2 Å². The Balaban J connectivity index is 0.000000540. The van der Waals surface area contributed by atoms with Crippen LogP contribution in [0.4, 0.5) is 17.6 Å². The molecule has 0 bridgehead atoms. The van der Waals surface area contributed by atoms with E-state index in [4.69, 9.17) is 14.6 Å². The normalized spacial score (nSPS) is 13.3. The van der Waals surface area contributed by atoms with Crippen molar-refractivity contribution in [3.8, 4) is 5.75 Å². The summed E-state index contributed by atoms with van der Waals surface area (Å²) in [6.07, 6.45) is -5.08. The zero-order valence-electron chi connectivity index (χ0n) is 18.8. The van der Waals surface area contributed by atoms with Crippen LogP contribution in [0.3, 0.4) is 0 Å². The summed E-state index contributed by atoms with van der Waals surface area (Å²) in [5.74, 6) is -3.13. The van der Waals surface area contributed by atoms with E-state index in [-0.39, 0.29) is 24.6 Å². The Morgan fingerprint density at radius 2 is 1.71 bits per heavy atom. The number of halogens is 4. The molecular formula is C23H25F4N3O5. The van der Waals surface area contributed by atoms with Gasteiger partial charge in [-0.2, -0.15) is 13.2 Å². The van der Waals surface area contributed by atoms with Crippen LogP contribution in [0.2, 0.25) is 0 Å². The van der Waals surface area contributed by atoms with E-state index in [9.17, 15) is 27.2 Å². The molecule has 0 aromatic heterocycles. The number of benzene rings is 2. The van der Waals surface area contributed by atoms with Crippen molar-refractivity contribution in [2.45, 2.75) is 12.7 Å². The molecule has 1 aliphatic heterocycles. The third-order valence-corrected chi connectivity index (χ3v) is 4.95. The summed E-state index contributed by atoms with van der Waals surface area (Å²) in [5.41, 5.74) is 0.992. The van der Waals surface area contributed by atoms with Crippen LogP contribution >= 0.6 is 0 Å². The smallest absolute Gasteiger partial charge is 0.490 e. The molecule has 2 aromatic carbocycles. The first-order valence-electron chi connectivity index (χ1n) is 10.5. The van der Waals surface area contributed by atoms with Gasteiger partial charge in [0.05, 0.1) is 13.7 Å². The van der Waals surface area contributed by atoms with E-state index in [0.29, 0.717) is 18.8 Å². The van der Waals surface area contributed by atoms with Crippen LogP contribution in [-0.4, -0.2) is 78.7 Å². The highest BCUT2D eigenvalue weighted by atomic mass is 19.4. The van der Waals surface area contributed by atoms with E-state index in [1.54, 1.807) is 24.1 Å². The fraction of sp³-hybridized carbons (Fsp3) is 0.348. The number of methoxy groups -OCH3 is 1. The van der Waals surface area contributed by atoms with Gasteiger partial charge in [-0.3, -0.25) is 9.59 Å². The maximum absolute atomic E-state index is 13.6. The van der Waals surface area contributed by atoms with Crippen LogP contribution in [-0.2, 0) is 16.1 Å². The lowest BCUT2D eigenvalue weighted by atomic mass is 10.1. The number of para-hydroxylation sites is 1. The van der Waals surface area contributed by atoms with Crippen LogP contribution < -0.4 is 10.1 Å². The van der Waals surface area contributed by atoms with Gasteiger partial charge in [0.15, 0.2) is 0 Å². The minimum Gasteiger partial charge on any atom is -0.496 e. The summed E-state index contributed by atoms with van der Waals surface area (Å²) >= 11 is 0. The molecule has 190 valence electrons. The molecule has 1 heterocycles. The fourth-order valence-corrected chi connectivity index (χ4v) is 3.22. The number of hydrogen-bond donors (Lipinski definition) is 2. The average molecular weight is 499 g/mol. The lowest BCUT2D eigenvalue weighted by Crippen LogP contribution is -2.50. The number of carbonyl (C=O) groups is 3. The maximum atomic E-state index is 13.6. The van der Waals surface area contributed by atoms with E-state index in [2.05, 4.69) is 5.32 Å². The van der Waals surface area contributed by atoms with Gasteiger partial charge in [-0.25, -0.2) is 9.18 Å². The van der Waals surface area contributed by atoms with Gasteiger partial charge >= 0.3 is 12.1 Å². The summed E-state index contributed by atoms with van der Waals surface area (Å²) in [7, 11) is 1.56. The molecule has 2 N–H and O–H groups in total. The Morgan fingerprint density at radius 3 is 2.29 bits per heavy atom. The summed E-state index contributed by atoms with van der Waals surface area (Å²) in [5, 5.41) is 10.3. The molecule has 0 saturated carbocycles. The number of alkyl halides is 3. The van der Waals surface area contributed by atoms with Gasteiger partial charge in [-0.1, -0.05) is 24.3 Å². The molecule has 1 saturated heterocycles. The van der Waals surface area contributed by atoms with E-state index >= 15 is 0 Å². The number of aliphatic carboxylic acids is 1. The third kappa shape index (κ3) is 8.56. The maximum Gasteiger partial charge on any atom is 0.490 e. The minimum atomic E-state index is -5.08. The standard InChI is InChI=1S/C21H24FN3O3.C2HF3O2/c1-28-19-8-3-2-5-17(19)14-25(15-20(26)24-11-9-23-10-12-24)21(27)16-6-4-7-18(22)13-16;3-2(4,5)1(6)7/h2-8,13,23H,9-12,14-15H2,1H3;(H,6,7). The van der Waals surface area contributed by atoms with Crippen LogP contribution in [0.5, 0.6) is 5.75 Å². The minimum absolute atomic E-state index is 0.0760. The van der Waals surface area contributed by atoms with Gasteiger partial charge in [0.2, 0.25) is 5.91 Å². The Hall–Kier alpha value is -3.67. The Bertz CT molecular complexity index is 1030. The highest BCUT2D eigenvalue weighted by Crippen LogP contribution is 2.21. The highest BCUT2D eigenvalue weighted by molar-refractivity contribution is 5.96. The number of ether oxygens (including phenoxy) is 1. The number of amides is 2. The molecular weight excluding hydrogens is 474 g/mol. The van der Waals surface area contributed by atoms with E-state index < -0.39 is 23.9 Å². The van der Waals surface area contributed by atoms with Crippen molar-refractivity contribution in [2.75, 3.05) is 39.8 Å². The quantitative estimate of drug-likeness (QED) is 0.593. The van der Waals surface area contributed by atoms with Crippen LogP contribution in [0.1, 0.15) is 15.9 Å². The molecule has 0 radical (unpaired) electrons. The Morgan fingerprint density at radius 1 is 1.09 bits per heavy atom. The number of nitrogens with one attached hydrogen (secondary N) is 1. The molecule has 2 aromatic rings.